The molecule has 2 amide bonds. The van der Waals surface area contributed by atoms with Crippen molar-refractivity contribution in [3.05, 3.63) is 45.9 Å². The van der Waals surface area contributed by atoms with Crippen LogP contribution in [0.25, 0.3) is 0 Å². The summed E-state index contributed by atoms with van der Waals surface area (Å²) in [5.41, 5.74) is 6.64. The van der Waals surface area contributed by atoms with Gasteiger partial charge in [-0.3, -0.25) is 9.59 Å². The minimum absolute atomic E-state index is 0.0982. The Hall–Kier alpha value is -3.13. The lowest BCUT2D eigenvalue weighted by Crippen LogP contribution is -2.40. The molecule has 0 spiro atoms. The zero-order chi connectivity index (χ0) is 23.8. The van der Waals surface area contributed by atoms with Gasteiger partial charge in [-0.2, -0.15) is 18.4 Å². The number of nitrogens with zero attached hydrogens (tertiary/aromatic N) is 4. The molecule has 0 aliphatic carbocycles. The molecule has 174 valence electrons. The van der Waals surface area contributed by atoms with E-state index >= 15 is 0 Å². The molecule has 2 fully saturated rings. The smallest absolute Gasteiger partial charge is 0.372 e. The van der Waals surface area contributed by atoms with E-state index in [2.05, 4.69) is 4.98 Å². The number of benzene rings is 1. The van der Waals surface area contributed by atoms with Crippen molar-refractivity contribution >= 4 is 28.8 Å². The number of aromatic nitrogens is 1. The minimum Gasteiger partial charge on any atom is -0.372 e. The van der Waals surface area contributed by atoms with Crippen molar-refractivity contribution in [3.63, 3.8) is 0 Å². The van der Waals surface area contributed by atoms with Crippen LogP contribution < -0.4 is 10.6 Å². The molecule has 11 heteroatoms. The van der Waals surface area contributed by atoms with Gasteiger partial charge in [0.25, 0.3) is 5.91 Å². The molecule has 1 aromatic heterocycles. The van der Waals surface area contributed by atoms with Crippen LogP contribution in [0.2, 0.25) is 0 Å². The molecule has 0 bridgehead atoms. The predicted molar refractivity (Wildman–Crippen MR) is 115 cm³/mol. The molecular formula is C22H22F3N5O2S. The number of nitriles is 1. The number of alkyl halides is 3. The Morgan fingerprint density at radius 1 is 1.21 bits per heavy atom. The van der Waals surface area contributed by atoms with Crippen LogP contribution in [0.15, 0.2) is 29.1 Å². The Morgan fingerprint density at radius 2 is 1.94 bits per heavy atom. The van der Waals surface area contributed by atoms with Crippen molar-refractivity contribution in [1.29, 1.82) is 5.26 Å². The Balaban J connectivity index is 1.45. The molecule has 0 radical (unpaired) electrons. The molecule has 2 aromatic rings. The molecular weight excluding hydrogens is 455 g/mol. The summed E-state index contributed by atoms with van der Waals surface area (Å²) in [4.78, 5) is 32.4. The summed E-state index contributed by atoms with van der Waals surface area (Å²) >= 11 is 1.32. The van der Waals surface area contributed by atoms with Crippen LogP contribution in [-0.4, -0.2) is 47.9 Å². The van der Waals surface area contributed by atoms with Gasteiger partial charge in [0.2, 0.25) is 5.91 Å². The van der Waals surface area contributed by atoms with Crippen molar-refractivity contribution in [2.75, 3.05) is 31.1 Å². The number of carbonyl (C=O) groups is 2. The molecule has 3 heterocycles. The highest BCUT2D eigenvalue weighted by atomic mass is 32.1. The van der Waals surface area contributed by atoms with E-state index in [0.29, 0.717) is 43.9 Å². The van der Waals surface area contributed by atoms with Gasteiger partial charge >= 0.3 is 6.18 Å². The van der Waals surface area contributed by atoms with Crippen LogP contribution in [0.3, 0.4) is 0 Å². The van der Waals surface area contributed by atoms with Crippen LogP contribution in [0, 0.1) is 29.1 Å². The second kappa shape index (κ2) is 9.02. The van der Waals surface area contributed by atoms with Gasteiger partial charge in [-0.05, 0) is 42.9 Å². The van der Waals surface area contributed by atoms with E-state index in [4.69, 9.17) is 11.0 Å². The predicted octanol–water partition coefficient (Wildman–Crippen LogP) is 3.12. The first-order valence-electron chi connectivity index (χ1n) is 10.5. The SMILES string of the molecule is N#Cc1ccc(N2CCC([C@@H]3CN(C(=O)c4cscn4)C[C@H]3C(N)=O)CC2)cc1C(F)(F)F. The quantitative estimate of drug-likeness (QED) is 0.729. The van der Waals surface area contributed by atoms with Gasteiger partial charge in [0.1, 0.15) is 5.69 Å². The Morgan fingerprint density at radius 3 is 2.52 bits per heavy atom. The summed E-state index contributed by atoms with van der Waals surface area (Å²) in [5.74, 6) is -1.11. The maximum atomic E-state index is 13.3. The second-order valence-corrected chi connectivity index (χ2v) is 9.14. The van der Waals surface area contributed by atoms with Gasteiger partial charge < -0.3 is 15.5 Å². The average molecular weight is 478 g/mol. The number of likely N-dealkylation sites (tertiary alicyclic amines) is 1. The lowest BCUT2D eigenvalue weighted by molar-refractivity contribution is -0.137. The third-order valence-corrected chi connectivity index (χ3v) is 7.19. The molecule has 1 aromatic carbocycles. The summed E-state index contributed by atoms with van der Waals surface area (Å²) in [6, 6.07) is 5.35. The molecule has 0 unspecified atom stereocenters. The average Bonchev–Trinajstić information content (AvgIpc) is 3.48. The van der Waals surface area contributed by atoms with Crippen LogP contribution in [0.4, 0.5) is 18.9 Å². The molecule has 33 heavy (non-hydrogen) atoms. The Kier molecular flexibility index (Phi) is 6.30. The van der Waals surface area contributed by atoms with Crippen LogP contribution >= 0.6 is 11.3 Å². The van der Waals surface area contributed by atoms with E-state index in [0.717, 1.165) is 6.07 Å². The third kappa shape index (κ3) is 4.66. The number of amides is 2. The van der Waals surface area contributed by atoms with E-state index in [-0.39, 0.29) is 24.3 Å². The fraction of sp³-hybridized carbons (Fsp3) is 0.455. The number of hydrogen-bond donors (Lipinski definition) is 1. The second-order valence-electron chi connectivity index (χ2n) is 8.42. The monoisotopic (exact) mass is 477 g/mol. The molecule has 2 N–H and O–H groups in total. The fourth-order valence-electron chi connectivity index (χ4n) is 4.90. The number of anilines is 1. The van der Waals surface area contributed by atoms with E-state index in [1.54, 1.807) is 21.9 Å². The minimum atomic E-state index is -4.61. The van der Waals surface area contributed by atoms with Crippen LogP contribution in [0.5, 0.6) is 0 Å². The summed E-state index contributed by atoms with van der Waals surface area (Å²) < 4.78 is 40.0. The summed E-state index contributed by atoms with van der Waals surface area (Å²) in [7, 11) is 0. The molecule has 2 atom stereocenters. The molecule has 2 aliphatic rings. The van der Waals surface area contributed by atoms with Gasteiger partial charge in [-0.1, -0.05) is 0 Å². The fourth-order valence-corrected chi connectivity index (χ4v) is 5.43. The molecule has 4 rings (SSSR count). The summed E-state index contributed by atoms with van der Waals surface area (Å²) in [5, 5.41) is 10.7. The number of nitrogens with two attached hydrogens (primary N) is 1. The largest absolute Gasteiger partial charge is 0.417 e. The molecule has 7 nitrogen and oxygen atoms in total. The number of carbonyl (C=O) groups excluding carboxylic acids is 2. The Bertz CT molecular complexity index is 1070. The van der Waals surface area contributed by atoms with E-state index in [1.807, 2.05) is 4.90 Å². The lowest BCUT2D eigenvalue weighted by atomic mass is 9.78. The zero-order valence-corrected chi connectivity index (χ0v) is 18.4. The maximum absolute atomic E-state index is 13.3. The first-order chi connectivity index (χ1) is 15.7. The first-order valence-corrected chi connectivity index (χ1v) is 11.5. The summed E-state index contributed by atoms with van der Waals surface area (Å²) in [6.45, 7) is 1.68. The lowest BCUT2D eigenvalue weighted by Gasteiger charge is -2.37. The highest BCUT2D eigenvalue weighted by molar-refractivity contribution is 7.07. The number of halogens is 3. The normalized spacial score (nSPS) is 21.8. The standard InChI is InChI=1S/C22H22F3N5O2S/c23-22(24,25)18-7-15(2-1-14(18)8-26)29-5-3-13(4-6-29)16-9-30(10-17(16)20(27)31)21(32)19-11-33-12-28-19/h1-2,7,11-13,16-17H,3-6,9-10H2,(H2,27,31)/t16-,17+/m0/s1. The summed E-state index contributed by atoms with van der Waals surface area (Å²) in [6.07, 6.45) is -3.28. The van der Waals surface area contributed by atoms with Crippen molar-refractivity contribution in [1.82, 2.24) is 9.88 Å². The number of rotatable bonds is 4. The number of piperidine rings is 1. The van der Waals surface area contributed by atoms with Crippen LogP contribution in [0.1, 0.15) is 34.5 Å². The highest BCUT2D eigenvalue weighted by Crippen LogP contribution is 2.39. The molecule has 0 saturated carbocycles. The van der Waals surface area contributed by atoms with Crippen molar-refractivity contribution in [2.45, 2.75) is 19.0 Å². The number of hydrogen-bond acceptors (Lipinski definition) is 6. The first kappa shape index (κ1) is 23.0. The molecule has 2 saturated heterocycles. The molecule has 2 aliphatic heterocycles. The Labute approximate surface area is 192 Å². The zero-order valence-electron chi connectivity index (χ0n) is 17.6. The number of primary amides is 1. The van der Waals surface area contributed by atoms with E-state index in [1.165, 1.54) is 23.5 Å². The van der Waals surface area contributed by atoms with Crippen molar-refractivity contribution < 1.29 is 22.8 Å². The van der Waals surface area contributed by atoms with Gasteiger partial charge in [0, 0.05) is 37.2 Å². The van der Waals surface area contributed by atoms with E-state index in [9.17, 15) is 22.8 Å². The van der Waals surface area contributed by atoms with Gasteiger partial charge in [0.05, 0.1) is 28.6 Å². The van der Waals surface area contributed by atoms with Gasteiger partial charge in [0.15, 0.2) is 0 Å². The third-order valence-electron chi connectivity index (χ3n) is 6.61. The number of thiazole rings is 1. The highest BCUT2D eigenvalue weighted by Gasteiger charge is 2.44. The van der Waals surface area contributed by atoms with Crippen molar-refractivity contribution in [3.8, 4) is 6.07 Å². The topological polar surface area (TPSA) is 103 Å². The van der Waals surface area contributed by atoms with Gasteiger partial charge in [-0.25, -0.2) is 4.98 Å². The maximum Gasteiger partial charge on any atom is 0.417 e. The van der Waals surface area contributed by atoms with Crippen molar-refractivity contribution in [2.24, 2.45) is 23.5 Å². The van der Waals surface area contributed by atoms with E-state index < -0.39 is 29.1 Å². The van der Waals surface area contributed by atoms with Crippen LogP contribution in [-0.2, 0) is 11.0 Å². The van der Waals surface area contributed by atoms with Gasteiger partial charge in [-0.15, -0.1) is 11.3 Å².